The maximum Gasteiger partial charge on any atom is 0.161 e. The Balaban J connectivity index is 2.61. The summed E-state index contributed by atoms with van der Waals surface area (Å²) < 4.78 is 12.4. The number of aromatic nitrogens is 2. The Bertz CT molecular complexity index is 635. The first-order valence-electron chi connectivity index (χ1n) is 7.08. The van der Waals surface area contributed by atoms with Gasteiger partial charge in [-0.2, -0.15) is 5.10 Å². The summed E-state index contributed by atoms with van der Waals surface area (Å²) in [5.74, 6) is 2.40. The fourth-order valence-electron chi connectivity index (χ4n) is 2.38. The van der Waals surface area contributed by atoms with Gasteiger partial charge in [0.05, 0.1) is 19.9 Å². The highest BCUT2D eigenvalue weighted by atomic mass is 16.5. The second-order valence-corrected chi connectivity index (χ2v) is 5.15. The third-order valence-electron chi connectivity index (χ3n) is 3.87. The van der Waals surface area contributed by atoms with E-state index < -0.39 is 0 Å². The van der Waals surface area contributed by atoms with Crippen molar-refractivity contribution in [2.75, 3.05) is 20.0 Å². The summed E-state index contributed by atoms with van der Waals surface area (Å²) in [6, 6.07) is 5.82. The molecule has 2 aromatic rings. The summed E-state index contributed by atoms with van der Waals surface area (Å²) in [6.07, 6.45) is 1.01. The summed E-state index contributed by atoms with van der Waals surface area (Å²) in [5, 5.41) is 4.57. The average Bonchev–Trinajstić information content (AvgIpc) is 2.81. The molecule has 0 aliphatic rings. The molecule has 0 spiro atoms. The van der Waals surface area contributed by atoms with Gasteiger partial charge in [-0.1, -0.05) is 19.9 Å². The van der Waals surface area contributed by atoms with Gasteiger partial charge in [0.1, 0.15) is 5.82 Å². The number of aryl methyl sites for hydroxylation is 1. The van der Waals surface area contributed by atoms with E-state index in [2.05, 4.69) is 18.9 Å². The Labute approximate surface area is 125 Å². The molecule has 1 aromatic carbocycles. The van der Waals surface area contributed by atoms with Crippen LogP contribution in [-0.2, 0) is 7.05 Å². The van der Waals surface area contributed by atoms with Crippen molar-refractivity contribution < 1.29 is 9.47 Å². The molecule has 1 atom stereocenters. The molecule has 0 bridgehead atoms. The largest absolute Gasteiger partial charge is 0.493 e. The van der Waals surface area contributed by atoms with Gasteiger partial charge in [0.2, 0.25) is 0 Å². The van der Waals surface area contributed by atoms with Crippen molar-refractivity contribution in [3.63, 3.8) is 0 Å². The van der Waals surface area contributed by atoms with Crippen LogP contribution in [0, 0.1) is 0 Å². The van der Waals surface area contributed by atoms with Crippen LogP contribution in [0.2, 0.25) is 0 Å². The highest BCUT2D eigenvalue weighted by molar-refractivity contribution is 5.78. The number of nitrogen functional groups attached to an aromatic ring is 1. The lowest BCUT2D eigenvalue weighted by Crippen LogP contribution is -1.98. The van der Waals surface area contributed by atoms with Crippen LogP contribution in [0.25, 0.3) is 11.1 Å². The minimum Gasteiger partial charge on any atom is -0.493 e. The fraction of sp³-hybridized carbons (Fsp3) is 0.438. The van der Waals surface area contributed by atoms with Crippen LogP contribution >= 0.6 is 0 Å². The second kappa shape index (κ2) is 6.08. The number of rotatable bonds is 5. The standard InChI is InChI=1S/C16H23N3O2/c1-6-10(2)15-14(16(17)19(3)18-15)11-7-8-12(20-4)13(9-11)21-5/h7-10H,6,17H2,1-5H3. The average molecular weight is 289 g/mol. The zero-order valence-corrected chi connectivity index (χ0v) is 13.3. The normalized spacial score (nSPS) is 12.2. The van der Waals surface area contributed by atoms with E-state index in [4.69, 9.17) is 15.2 Å². The van der Waals surface area contributed by atoms with Crippen LogP contribution in [0.15, 0.2) is 18.2 Å². The molecule has 114 valence electrons. The molecule has 0 saturated heterocycles. The van der Waals surface area contributed by atoms with E-state index in [9.17, 15) is 0 Å². The Hall–Kier alpha value is -2.17. The molecule has 0 saturated carbocycles. The first-order chi connectivity index (χ1) is 10.0. The van der Waals surface area contributed by atoms with E-state index >= 15 is 0 Å². The van der Waals surface area contributed by atoms with Gasteiger partial charge in [0.15, 0.2) is 11.5 Å². The van der Waals surface area contributed by atoms with E-state index in [0.29, 0.717) is 23.2 Å². The first-order valence-corrected chi connectivity index (χ1v) is 7.08. The molecule has 21 heavy (non-hydrogen) atoms. The quantitative estimate of drug-likeness (QED) is 0.918. The van der Waals surface area contributed by atoms with Crippen molar-refractivity contribution in [3.8, 4) is 22.6 Å². The summed E-state index contributed by atoms with van der Waals surface area (Å²) in [7, 11) is 5.12. The van der Waals surface area contributed by atoms with Gasteiger partial charge in [-0.15, -0.1) is 0 Å². The number of nitrogens with zero attached hydrogens (tertiary/aromatic N) is 2. The van der Waals surface area contributed by atoms with Crippen LogP contribution < -0.4 is 15.2 Å². The molecular formula is C16H23N3O2. The zero-order valence-electron chi connectivity index (χ0n) is 13.3. The minimum atomic E-state index is 0.344. The van der Waals surface area contributed by atoms with Crippen molar-refractivity contribution in [1.29, 1.82) is 0 Å². The molecule has 0 fully saturated rings. The summed E-state index contributed by atoms with van der Waals surface area (Å²) in [4.78, 5) is 0. The van der Waals surface area contributed by atoms with Crippen LogP contribution in [0.3, 0.4) is 0 Å². The Morgan fingerprint density at radius 1 is 1.24 bits per heavy atom. The van der Waals surface area contributed by atoms with Crippen LogP contribution in [0.5, 0.6) is 11.5 Å². The summed E-state index contributed by atoms with van der Waals surface area (Å²) >= 11 is 0. The Morgan fingerprint density at radius 3 is 2.48 bits per heavy atom. The molecule has 0 aliphatic carbocycles. The monoisotopic (exact) mass is 289 g/mol. The maximum atomic E-state index is 6.22. The fourth-order valence-corrected chi connectivity index (χ4v) is 2.38. The van der Waals surface area contributed by atoms with Gasteiger partial charge in [-0.05, 0) is 24.1 Å². The molecule has 2 rings (SSSR count). The number of ether oxygens (including phenoxy) is 2. The van der Waals surface area contributed by atoms with Crippen LogP contribution in [0.4, 0.5) is 5.82 Å². The van der Waals surface area contributed by atoms with Gasteiger partial charge in [-0.3, -0.25) is 4.68 Å². The number of anilines is 1. The molecule has 0 amide bonds. The minimum absolute atomic E-state index is 0.344. The Morgan fingerprint density at radius 2 is 1.90 bits per heavy atom. The number of hydrogen-bond donors (Lipinski definition) is 1. The van der Waals surface area contributed by atoms with Gasteiger partial charge in [0, 0.05) is 18.5 Å². The van der Waals surface area contributed by atoms with Gasteiger partial charge in [0.25, 0.3) is 0 Å². The SMILES string of the molecule is CCC(C)c1nn(C)c(N)c1-c1ccc(OC)c(OC)c1. The highest BCUT2D eigenvalue weighted by Gasteiger charge is 2.20. The second-order valence-electron chi connectivity index (χ2n) is 5.15. The Kier molecular flexibility index (Phi) is 4.40. The lowest BCUT2D eigenvalue weighted by atomic mass is 9.96. The topological polar surface area (TPSA) is 62.3 Å². The number of benzene rings is 1. The number of methoxy groups -OCH3 is 2. The lowest BCUT2D eigenvalue weighted by molar-refractivity contribution is 0.355. The van der Waals surface area contributed by atoms with Crippen molar-refractivity contribution in [1.82, 2.24) is 9.78 Å². The van der Waals surface area contributed by atoms with Crippen molar-refractivity contribution in [2.24, 2.45) is 7.05 Å². The summed E-state index contributed by atoms with van der Waals surface area (Å²) in [6.45, 7) is 4.31. The number of hydrogen-bond acceptors (Lipinski definition) is 4. The summed E-state index contributed by atoms with van der Waals surface area (Å²) in [5.41, 5.74) is 9.21. The van der Waals surface area contributed by atoms with E-state index in [1.54, 1.807) is 18.9 Å². The molecule has 5 nitrogen and oxygen atoms in total. The molecule has 0 radical (unpaired) electrons. The van der Waals surface area contributed by atoms with E-state index in [-0.39, 0.29) is 0 Å². The molecule has 1 heterocycles. The molecule has 2 N–H and O–H groups in total. The highest BCUT2D eigenvalue weighted by Crippen LogP contribution is 2.38. The van der Waals surface area contributed by atoms with Gasteiger partial charge < -0.3 is 15.2 Å². The van der Waals surface area contributed by atoms with Crippen molar-refractivity contribution in [2.45, 2.75) is 26.2 Å². The smallest absolute Gasteiger partial charge is 0.161 e. The molecule has 5 heteroatoms. The predicted octanol–water partition coefficient (Wildman–Crippen LogP) is 3.20. The third kappa shape index (κ3) is 2.68. The lowest BCUT2D eigenvalue weighted by Gasteiger charge is -2.12. The molecule has 1 unspecified atom stereocenters. The molecule has 0 aliphatic heterocycles. The molecular weight excluding hydrogens is 266 g/mol. The number of nitrogens with two attached hydrogens (primary N) is 1. The van der Waals surface area contributed by atoms with Crippen LogP contribution in [0.1, 0.15) is 31.9 Å². The third-order valence-corrected chi connectivity index (χ3v) is 3.87. The molecule has 1 aromatic heterocycles. The van der Waals surface area contributed by atoms with Crippen LogP contribution in [-0.4, -0.2) is 24.0 Å². The van der Waals surface area contributed by atoms with E-state index in [0.717, 1.165) is 23.2 Å². The predicted molar refractivity (Wildman–Crippen MR) is 84.9 cm³/mol. The van der Waals surface area contributed by atoms with E-state index in [1.165, 1.54) is 0 Å². The van der Waals surface area contributed by atoms with E-state index in [1.807, 2.05) is 25.2 Å². The van der Waals surface area contributed by atoms with Crippen molar-refractivity contribution in [3.05, 3.63) is 23.9 Å². The van der Waals surface area contributed by atoms with Gasteiger partial charge >= 0.3 is 0 Å². The zero-order chi connectivity index (χ0) is 15.6. The van der Waals surface area contributed by atoms with Gasteiger partial charge in [-0.25, -0.2) is 0 Å². The maximum absolute atomic E-state index is 6.22. The first kappa shape index (κ1) is 15.2. The van der Waals surface area contributed by atoms with Crippen molar-refractivity contribution >= 4 is 5.82 Å².